The summed E-state index contributed by atoms with van der Waals surface area (Å²) in [6, 6.07) is 15.1. The van der Waals surface area contributed by atoms with E-state index in [1.165, 1.54) is 18.2 Å². The molecule has 0 saturated heterocycles. The van der Waals surface area contributed by atoms with Crippen molar-refractivity contribution in [3.05, 3.63) is 95.1 Å². The molecule has 0 spiro atoms. The van der Waals surface area contributed by atoms with Crippen LogP contribution in [0.5, 0.6) is 0 Å². The quantitative estimate of drug-likeness (QED) is 0.443. The maximum absolute atomic E-state index is 14.0. The van der Waals surface area contributed by atoms with Crippen molar-refractivity contribution in [1.82, 2.24) is 0 Å². The number of aliphatic imine (C=N–C) groups is 1. The zero-order valence-corrected chi connectivity index (χ0v) is 15.8. The van der Waals surface area contributed by atoms with Crippen molar-refractivity contribution in [2.75, 3.05) is 0 Å². The van der Waals surface area contributed by atoms with Gasteiger partial charge in [-0.15, -0.1) is 0 Å². The Morgan fingerprint density at radius 3 is 1.87 bits per heavy atom. The lowest BCUT2D eigenvalue weighted by Crippen LogP contribution is -2.14. The van der Waals surface area contributed by atoms with Crippen LogP contribution in [0.25, 0.3) is 11.1 Å². The van der Waals surface area contributed by atoms with E-state index in [2.05, 4.69) is 4.99 Å². The second kappa shape index (κ2) is 7.55. The summed E-state index contributed by atoms with van der Waals surface area (Å²) in [5, 5.41) is 0. The molecule has 0 N–H and O–H groups in total. The van der Waals surface area contributed by atoms with Crippen LogP contribution in [0.4, 0.5) is 22.0 Å². The van der Waals surface area contributed by atoms with E-state index in [0.717, 1.165) is 35.4 Å². The fourth-order valence-electron chi connectivity index (χ4n) is 3.40. The molecule has 1 aliphatic heterocycles. The lowest BCUT2D eigenvalue weighted by molar-refractivity contribution is -0.137. The molecule has 3 aromatic carbocycles. The number of rotatable bonds is 3. The Balaban J connectivity index is 1.59. The maximum atomic E-state index is 14.0. The highest BCUT2D eigenvalue weighted by atomic mass is 19.4. The summed E-state index contributed by atoms with van der Waals surface area (Å²) in [7, 11) is 0. The average Bonchev–Trinajstić information content (AvgIpc) is 3.08. The molecular formula is C23H16F5NO. The minimum atomic E-state index is -4.38. The van der Waals surface area contributed by atoms with Gasteiger partial charge in [-0.25, -0.2) is 13.8 Å². The Kier molecular flexibility index (Phi) is 5.05. The van der Waals surface area contributed by atoms with E-state index in [1.807, 2.05) is 0 Å². The smallest absolute Gasteiger partial charge is 0.416 e. The predicted molar refractivity (Wildman–Crippen MR) is 103 cm³/mol. The van der Waals surface area contributed by atoms with Gasteiger partial charge in [0.05, 0.1) is 5.56 Å². The van der Waals surface area contributed by atoms with E-state index in [9.17, 15) is 22.0 Å². The third kappa shape index (κ3) is 3.79. The number of benzene rings is 3. The highest BCUT2D eigenvalue weighted by Crippen LogP contribution is 2.34. The first-order chi connectivity index (χ1) is 14.2. The van der Waals surface area contributed by atoms with Crippen LogP contribution in [0.3, 0.4) is 0 Å². The lowest BCUT2D eigenvalue weighted by atomic mass is 9.98. The van der Waals surface area contributed by atoms with Crippen molar-refractivity contribution in [3.63, 3.8) is 0 Å². The van der Waals surface area contributed by atoms with Gasteiger partial charge in [-0.05, 0) is 47.9 Å². The first-order valence-electron chi connectivity index (χ1n) is 9.20. The second-order valence-electron chi connectivity index (χ2n) is 7.00. The minimum Gasteiger partial charge on any atom is -0.472 e. The molecule has 7 heteroatoms. The first-order valence-corrected chi connectivity index (χ1v) is 9.20. The summed E-state index contributed by atoms with van der Waals surface area (Å²) in [5.41, 5.74) is 1.14. The minimum absolute atomic E-state index is 0.0880. The van der Waals surface area contributed by atoms with Crippen LogP contribution in [-0.4, -0.2) is 12.0 Å². The molecule has 2 nitrogen and oxygen atoms in total. The molecule has 2 atom stereocenters. The summed E-state index contributed by atoms with van der Waals surface area (Å²) in [4.78, 5) is 4.36. The molecule has 0 bridgehead atoms. The van der Waals surface area contributed by atoms with Crippen LogP contribution in [0, 0.1) is 11.6 Å². The van der Waals surface area contributed by atoms with Crippen molar-refractivity contribution >= 4 is 5.90 Å². The van der Waals surface area contributed by atoms with Crippen LogP contribution in [0.2, 0.25) is 0 Å². The number of halogens is 5. The molecule has 0 saturated carbocycles. The van der Waals surface area contributed by atoms with Gasteiger partial charge in [0.1, 0.15) is 29.3 Å². The molecule has 0 fully saturated rings. The Bertz CT molecular complexity index is 1070. The van der Waals surface area contributed by atoms with Gasteiger partial charge in [-0.2, -0.15) is 13.2 Å². The second-order valence-corrected chi connectivity index (χ2v) is 7.00. The highest BCUT2D eigenvalue weighted by Gasteiger charge is 2.32. The van der Waals surface area contributed by atoms with Crippen molar-refractivity contribution in [2.24, 2.45) is 4.99 Å². The van der Waals surface area contributed by atoms with Gasteiger partial charge in [0.15, 0.2) is 0 Å². The Morgan fingerprint density at radius 2 is 1.33 bits per heavy atom. The van der Waals surface area contributed by atoms with E-state index >= 15 is 0 Å². The lowest BCUT2D eigenvalue weighted by Gasteiger charge is -2.14. The normalized spacial score (nSPS) is 18.8. The maximum Gasteiger partial charge on any atom is 0.416 e. The van der Waals surface area contributed by atoms with Crippen molar-refractivity contribution in [1.29, 1.82) is 0 Å². The molecule has 1 aliphatic rings. The average molecular weight is 417 g/mol. The Labute approximate surface area is 169 Å². The Hall–Kier alpha value is -3.22. The molecule has 1 unspecified atom stereocenters. The number of ether oxygens (including phenoxy) is 1. The van der Waals surface area contributed by atoms with Gasteiger partial charge in [0, 0.05) is 0 Å². The standard InChI is InChI=1S/C23H16F5NO/c1-13-21(29-22(30-13)20-18(24)3-2-4-19(20)25)16-7-5-14(6-8-16)15-9-11-17(12-10-15)23(26,27)28/h2-13,21H,1H3/t13-,21?/m1/s1. The highest BCUT2D eigenvalue weighted by molar-refractivity contribution is 5.96. The van der Waals surface area contributed by atoms with E-state index in [1.54, 1.807) is 31.2 Å². The Morgan fingerprint density at radius 1 is 0.800 bits per heavy atom. The van der Waals surface area contributed by atoms with Crippen LogP contribution in [-0.2, 0) is 10.9 Å². The molecule has 4 rings (SSSR count). The summed E-state index contributed by atoms with van der Waals surface area (Å²) in [5.74, 6) is -1.59. The molecule has 0 amide bonds. The van der Waals surface area contributed by atoms with Gasteiger partial charge in [0.25, 0.3) is 0 Å². The monoisotopic (exact) mass is 417 g/mol. The van der Waals surface area contributed by atoms with Crippen LogP contribution in [0.15, 0.2) is 71.7 Å². The molecule has 154 valence electrons. The predicted octanol–water partition coefficient (Wildman–Crippen LogP) is 6.56. The van der Waals surface area contributed by atoms with Gasteiger partial charge in [0.2, 0.25) is 5.90 Å². The topological polar surface area (TPSA) is 21.6 Å². The number of hydrogen-bond donors (Lipinski definition) is 0. The molecule has 0 aliphatic carbocycles. The van der Waals surface area contributed by atoms with E-state index in [0.29, 0.717) is 5.56 Å². The van der Waals surface area contributed by atoms with E-state index < -0.39 is 35.5 Å². The zero-order valence-electron chi connectivity index (χ0n) is 15.8. The molecule has 1 heterocycles. The van der Waals surface area contributed by atoms with Gasteiger partial charge >= 0.3 is 6.18 Å². The SMILES string of the molecule is C[C@H]1OC(c2c(F)cccc2F)=NC1c1ccc(-c2ccc(C(F)(F)F)cc2)cc1. The largest absolute Gasteiger partial charge is 0.472 e. The van der Waals surface area contributed by atoms with Crippen LogP contribution < -0.4 is 0 Å². The molecule has 0 aromatic heterocycles. The first kappa shape index (κ1) is 20.1. The van der Waals surface area contributed by atoms with Crippen LogP contribution >= 0.6 is 0 Å². The molecule has 3 aromatic rings. The number of nitrogens with zero attached hydrogens (tertiary/aromatic N) is 1. The zero-order chi connectivity index (χ0) is 21.5. The third-order valence-electron chi connectivity index (χ3n) is 4.97. The molecule has 30 heavy (non-hydrogen) atoms. The molecule has 0 radical (unpaired) electrons. The van der Waals surface area contributed by atoms with Gasteiger partial charge in [-0.3, -0.25) is 0 Å². The van der Waals surface area contributed by atoms with Crippen molar-refractivity contribution in [2.45, 2.75) is 25.2 Å². The summed E-state index contributed by atoms with van der Waals surface area (Å²) in [6.07, 6.45) is -4.81. The van der Waals surface area contributed by atoms with Crippen LogP contribution in [0.1, 0.15) is 29.7 Å². The summed E-state index contributed by atoms with van der Waals surface area (Å²) >= 11 is 0. The number of alkyl halides is 3. The van der Waals surface area contributed by atoms with E-state index in [-0.39, 0.29) is 11.5 Å². The van der Waals surface area contributed by atoms with Crippen molar-refractivity contribution in [3.8, 4) is 11.1 Å². The molecular weight excluding hydrogens is 401 g/mol. The fraction of sp³-hybridized carbons (Fsp3) is 0.174. The summed E-state index contributed by atoms with van der Waals surface area (Å²) < 4.78 is 71.8. The van der Waals surface area contributed by atoms with Gasteiger partial charge < -0.3 is 4.74 Å². The third-order valence-corrected chi connectivity index (χ3v) is 4.97. The van der Waals surface area contributed by atoms with Gasteiger partial charge in [-0.1, -0.05) is 42.5 Å². The summed E-state index contributed by atoms with van der Waals surface area (Å²) in [6.45, 7) is 1.75. The van der Waals surface area contributed by atoms with Crippen molar-refractivity contribution < 1.29 is 26.7 Å². The van der Waals surface area contributed by atoms with E-state index in [4.69, 9.17) is 4.74 Å². The fourth-order valence-corrected chi connectivity index (χ4v) is 3.40. The number of hydrogen-bond acceptors (Lipinski definition) is 2.